The van der Waals surface area contributed by atoms with E-state index in [1.165, 1.54) is 16.9 Å². The topological polar surface area (TPSA) is 98.6 Å². The van der Waals surface area contributed by atoms with Gasteiger partial charge >= 0.3 is 0 Å². The van der Waals surface area contributed by atoms with Crippen LogP contribution in [0.2, 0.25) is 0 Å². The van der Waals surface area contributed by atoms with Crippen LogP contribution in [0.15, 0.2) is 54.6 Å². The number of H-pyrrole nitrogens is 2. The number of fused-ring (bicyclic) bond motifs is 2. The molecule has 8 heteroatoms. The van der Waals surface area contributed by atoms with E-state index < -0.39 is 0 Å². The summed E-state index contributed by atoms with van der Waals surface area (Å²) in [4.78, 5) is 23.7. The molecule has 0 bridgehead atoms. The molecule has 6 rings (SSSR count). The van der Waals surface area contributed by atoms with Crippen LogP contribution in [-0.2, 0) is 0 Å². The number of imidazole rings is 2. The molecular formula is C28H33N7O. The van der Waals surface area contributed by atoms with Crippen molar-refractivity contribution >= 4 is 33.4 Å². The maximum atomic E-state index is 4.87. The lowest BCUT2D eigenvalue weighted by Crippen LogP contribution is -2.44. The number of anilines is 2. The third kappa shape index (κ3) is 4.29. The summed E-state index contributed by atoms with van der Waals surface area (Å²) in [7, 11) is 6.30. The van der Waals surface area contributed by atoms with Crippen molar-refractivity contribution in [3.63, 3.8) is 0 Å². The Morgan fingerprint density at radius 3 is 2.17 bits per heavy atom. The minimum Gasteiger partial charge on any atom is -0.412 e. The zero-order chi connectivity index (χ0) is 24.1. The van der Waals surface area contributed by atoms with E-state index in [0.29, 0.717) is 0 Å². The van der Waals surface area contributed by atoms with E-state index >= 15 is 0 Å². The van der Waals surface area contributed by atoms with Crippen molar-refractivity contribution in [3.05, 3.63) is 60.2 Å². The van der Waals surface area contributed by atoms with Crippen molar-refractivity contribution in [2.75, 3.05) is 57.1 Å². The summed E-state index contributed by atoms with van der Waals surface area (Å²) in [5.41, 5.74) is 9.82. The Balaban J connectivity index is 0.00000267. The Labute approximate surface area is 210 Å². The van der Waals surface area contributed by atoms with Gasteiger partial charge in [-0.1, -0.05) is 0 Å². The fourth-order valence-electron chi connectivity index (χ4n) is 4.87. The number of rotatable bonds is 4. The van der Waals surface area contributed by atoms with Crippen LogP contribution in [0.4, 0.5) is 11.4 Å². The smallest absolute Gasteiger partial charge is 0.138 e. The summed E-state index contributed by atoms with van der Waals surface area (Å²) in [6.07, 6.45) is 0. The van der Waals surface area contributed by atoms with E-state index in [1.807, 2.05) is 0 Å². The first-order chi connectivity index (χ1) is 16.9. The molecule has 0 radical (unpaired) electrons. The molecule has 2 aromatic heterocycles. The van der Waals surface area contributed by atoms with Crippen molar-refractivity contribution in [3.8, 4) is 22.8 Å². The van der Waals surface area contributed by atoms with Crippen LogP contribution in [0.5, 0.6) is 0 Å². The summed E-state index contributed by atoms with van der Waals surface area (Å²) >= 11 is 0. The lowest BCUT2D eigenvalue weighted by Gasteiger charge is -2.34. The van der Waals surface area contributed by atoms with E-state index in [9.17, 15) is 0 Å². The molecule has 1 fully saturated rings. The number of likely N-dealkylation sites (N-methyl/N-ethyl adjacent to an activating group) is 1. The fourth-order valence-corrected chi connectivity index (χ4v) is 4.87. The minimum atomic E-state index is 0. The molecule has 1 aliphatic rings. The molecule has 0 amide bonds. The van der Waals surface area contributed by atoms with Crippen LogP contribution in [0.1, 0.15) is 5.56 Å². The van der Waals surface area contributed by atoms with E-state index in [0.717, 1.165) is 71.0 Å². The highest BCUT2D eigenvalue weighted by molar-refractivity contribution is 5.87. The second-order valence-corrected chi connectivity index (χ2v) is 9.79. The molecule has 0 unspecified atom stereocenters. The zero-order valence-corrected chi connectivity index (χ0v) is 21.3. The predicted octanol–water partition coefficient (Wildman–Crippen LogP) is 4.07. The minimum absolute atomic E-state index is 0. The van der Waals surface area contributed by atoms with Gasteiger partial charge in [-0.15, -0.1) is 0 Å². The average Bonchev–Trinajstić information content (AvgIpc) is 3.47. The molecule has 1 aliphatic heterocycles. The first kappa shape index (κ1) is 23.8. The van der Waals surface area contributed by atoms with E-state index in [2.05, 4.69) is 107 Å². The fraction of sp³-hybridized carbons (Fsp3) is 0.286. The third-order valence-corrected chi connectivity index (χ3v) is 7.07. The molecule has 4 N–H and O–H groups in total. The summed E-state index contributed by atoms with van der Waals surface area (Å²) < 4.78 is 0. The Morgan fingerprint density at radius 2 is 1.44 bits per heavy atom. The molecular weight excluding hydrogens is 450 g/mol. The third-order valence-electron chi connectivity index (χ3n) is 7.07. The number of aryl methyl sites for hydroxylation is 1. The molecule has 0 saturated carbocycles. The number of piperazine rings is 1. The molecule has 0 atom stereocenters. The van der Waals surface area contributed by atoms with Gasteiger partial charge < -0.3 is 30.1 Å². The van der Waals surface area contributed by atoms with E-state index in [-0.39, 0.29) is 5.48 Å². The molecule has 3 heterocycles. The van der Waals surface area contributed by atoms with Gasteiger partial charge in [0.1, 0.15) is 11.6 Å². The molecule has 0 spiro atoms. The van der Waals surface area contributed by atoms with Crippen molar-refractivity contribution < 1.29 is 5.48 Å². The average molecular weight is 484 g/mol. The van der Waals surface area contributed by atoms with Crippen molar-refractivity contribution in [2.24, 2.45) is 0 Å². The largest absolute Gasteiger partial charge is 0.412 e. The Bertz CT molecular complexity index is 1530. The lowest BCUT2D eigenvalue weighted by atomic mass is 10.1. The van der Waals surface area contributed by atoms with Gasteiger partial charge in [0, 0.05) is 62.8 Å². The van der Waals surface area contributed by atoms with Crippen molar-refractivity contribution in [1.82, 2.24) is 24.8 Å². The number of benzene rings is 3. The van der Waals surface area contributed by atoms with Gasteiger partial charge in [0.25, 0.3) is 0 Å². The van der Waals surface area contributed by atoms with E-state index in [4.69, 9.17) is 9.97 Å². The highest BCUT2D eigenvalue weighted by Crippen LogP contribution is 2.30. The molecule has 0 aliphatic carbocycles. The summed E-state index contributed by atoms with van der Waals surface area (Å²) in [5.74, 6) is 1.77. The normalized spacial score (nSPS) is 14.4. The number of aromatic nitrogens is 4. The molecule has 186 valence electrons. The standard InChI is InChI=1S/C28H31N7.H2O/c1-18-15-20(33(2)3)6-8-22(18)28-30-23-9-5-19(16-25(23)32-28)27-29-24-10-7-21(17-26(24)31-27)35-13-11-34(4)12-14-35;/h5-10,15-17H,11-14H2,1-4H3,(H,29,31)(H,30,32);1H2. The van der Waals surface area contributed by atoms with Gasteiger partial charge in [0.15, 0.2) is 0 Å². The van der Waals surface area contributed by atoms with Gasteiger partial charge in [-0.3, -0.25) is 0 Å². The zero-order valence-electron chi connectivity index (χ0n) is 21.3. The van der Waals surface area contributed by atoms with Crippen LogP contribution < -0.4 is 9.80 Å². The predicted molar refractivity (Wildman–Crippen MR) is 149 cm³/mol. The maximum absolute atomic E-state index is 4.87. The first-order valence-corrected chi connectivity index (χ1v) is 12.2. The SMILES string of the molecule is Cc1cc(N(C)C)ccc1-c1nc2ccc(-c3nc4ccc(N5CCN(C)CC5)cc4[nH]3)cc2[nH]1.O. The van der Waals surface area contributed by atoms with Gasteiger partial charge in [-0.25, -0.2) is 9.97 Å². The van der Waals surface area contributed by atoms with Crippen LogP contribution >= 0.6 is 0 Å². The second kappa shape index (κ2) is 9.29. The number of nitrogens with one attached hydrogen (secondary N) is 2. The highest BCUT2D eigenvalue weighted by atomic mass is 16.0. The van der Waals surface area contributed by atoms with Crippen LogP contribution in [-0.4, -0.2) is 77.6 Å². The van der Waals surface area contributed by atoms with Gasteiger partial charge in [0.05, 0.1) is 22.1 Å². The number of nitrogens with zero attached hydrogens (tertiary/aromatic N) is 5. The monoisotopic (exact) mass is 483 g/mol. The van der Waals surface area contributed by atoms with Gasteiger partial charge in [-0.2, -0.15) is 0 Å². The van der Waals surface area contributed by atoms with Crippen molar-refractivity contribution in [1.29, 1.82) is 0 Å². The van der Waals surface area contributed by atoms with Crippen LogP contribution in [0.3, 0.4) is 0 Å². The van der Waals surface area contributed by atoms with Gasteiger partial charge in [-0.05, 0) is 74.1 Å². The Kier molecular flexibility index (Phi) is 6.15. The highest BCUT2D eigenvalue weighted by Gasteiger charge is 2.16. The summed E-state index contributed by atoms with van der Waals surface area (Å²) in [6, 6.07) is 19.3. The van der Waals surface area contributed by atoms with E-state index in [1.54, 1.807) is 0 Å². The van der Waals surface area contributed by atoms with Crippen molar-refractivity contribution in [2.45, 2.75) is 6.92 Å². The maximum Gasteiger partial charge on any atom is 0.138 e. The van der Waals surface area contributed by atoms with Crippen LogP contribution in [0, 0.1) is 6.92 Å². The number of aromatic amines is 2. The molecule has 3 aromatic carbocycles. The quantitative estimate of drug-likeness (QED) is 0.401. The Hall–Kier alpha value is -3.88. The number of hydrogen-bond donors (Lipinski definition) is 2. The number of hydrogen-bond acceptors (Lipinski definition) is 5. The summed E-state index contributed by atoms with van der Waals surface area (Å²) in [6.45, 7) is 6.43. The van der Waals surface area contributed by atoms with Crippen LogP contribution in [0.25, 0.3) is 44.8 Å². The molecule has 8 nitrogen and oxygen atoms in total. The molecule has 36 heavy (non-hydrogen) atoms. The van der Waals surface area contributed by atoms with Gasteiger partial charge in [0.2, 0.25) is 0 Å². The molecule has 1 saturated heterocycles. The second-order valence-electron chi connectivity index (χ2n) is 9.79. The Morgan fingerprint density at radius 1 is 0.778 bits per heavy atom. The summed E-state index contributed by atoms with van der Waals surface area (Å²) in [5, 5.41) is 0. The lowest BCUT2D eigenvalue weighted by molar-refractivity contribution is 0.313. The first-order valence-electron chi connectivity index (χ1n) is 12.2. The molecule has 5 aromatic rings.